The van der Waals surface area contributed by atoms with E-state index in [4.69, 9.17) is 0 Å². The van der Waals surface area contributed by atoms with E-state index in [-0.39, 0.29) is 11.5 Å². The van der Waals surface area contributed by atoms with Crippen molar-refractivity contribution in [3.05, 3.63) is 107 Å². The fourth-order valence-electron chi connectivity index (χ4n) is 5.06. The average Bonchev–Trinajstić information content (AvgIpc) is 2.81. The molecule has 0 amide bonds. The quantitative estimate of drug-likeness (QED) is 0.353. The molecule has 2 N–H and O–H groups in total. The third kappa shape index (κ3) is 2.50. The summed E-state index contributed by atoms with van der Waals surface area (Å²) < 4.78 is 0. The Bertz CT molecular complexity index is 1330. The normalized spacial score (nSPS) is 16.2. The molecule has 2 heterocycles. The molecule has 0 radical (unpaired) electrons. The van der Waals surface area contributed by atoms with Gasteiger partial charge in [0.15, 0.2) is 0 Å². The summed E-state index contributed by atoms with van der Waals surface area (Å²) in [6, 6.07) is 27.9. The van der Waals surface area contributed by atoms with E-state index >= 15 is 0 Å². The van der Waals surface area contributed by atoms with Gasteiger partial charge in [-0.05, 0) is 36.4 Å². The number of phenolic OH excluding ortho intramolecular Hbond substituents is 2. The van der Waals surface area contributed by atoms with E-state index in [2.05, 4.69) is 46.2 Å². The summed E-state index contributed by atoms with van der Waals surface area (Å²) in [6.07, 6.45) is 0. The second-order valence-corrected chi connectivity index (χ2v) is 8.31. The second kappa shape index (κ2) is 6.66. The Morgan fingerprint density at radius 3 is 1.28 bits per heavy atom. The number of hydrogen-bond donors (Lipinski definition) is 2. The molecule has 2 aliphatic heterocycles. The summed E-state index contributed by atoms with van der Waals surface area (Å²) in [5.41, 5.74) is 10.8. The van der Waals surface area contributed by atoms with Crippen LogP contribution in [0.3, 0.4) is 0 Å². The van der Waals surface area contributed by atoms with Gasteiger partial charge in [-0.2, -0.15) is 0 Å². The molecule has 0 aliphatic carbocycles. The van der Waals surface area contributed by atoms with Gasteiger partial charge < -0.3 is 20.0 Å². The van der Waals surface area contributed by atoms with E-state index in [1.807, 2.05) is 50.5 Å². The lowest BCUT2D eigenvalue weighted by atomic mass is 9.79. The summed E-state index contributed by atoms with van der Waals surface area (Å²) >= 11 is 0. The van der Waals surface area contributed by atoms with Gasteiger partial charge in [-0.3, -0.25) is 0 Å². The molecule has 0 bridgehead atoms. The molecule has 4 aromatic carbocycles. The molecule has 4 nitrogen and oxygen atoms in total. The van der Waals surface area contributed by atoms with Crippen LogP contribution in [0, 0.1) is 0 Å². The predicted molar refractivity (Wildman–Crippen MR) is 130 cm³/mol. The number of aromatic hydroxyl groups is 2. The minimum absolute atomic E-state index is 0.244. The fourth-order valence-corrected chi connectivity index (χ4v) is 5.06. The molecule has 6 rings (SSSR count). The first-order valence-electron chi connectivity index (χ1n) is 10.6. The topological polar surface area (TPSA) is 46.9 Å². The molecule has 2 aliphatic rings. The van der Waals surface area contributed by atoms with E-state index < -0.39 is 0 Å². The average molecular weight is 418 g/mol. The third-order valence-electron chi connectivity index (χ3n) is 6.54. The molecule has 4 aromatic rings. The predicted octanol–water partition coefficient (Wildman–Crippen LogP) is 6.27. The first kappa shape index (κ1) is 18.6. The largest absolute Gasteiger partial charge is 0.508 e. The first-order chi connectivity index (χ1) is 15.5. The van der Waals surface area contributed by atoms with Gasteiger partial charge in [0.25, 0.3) is 0 Å². The highest BCUT2D eigenvalue weighted by Crippen LogP contribution is 2.54. The summed E-state index contributed by atoms with van der Waals surface area (Å²) in [6.45, 7) is 0. The number of benzene rings is 4. The number of nitrogens with zero attached hydrogens (tertiary/aromatic N) is 2. The first-order valence-corrected chi connectivity index (χ1v) is 10.6. The zero-order valence-corrected chi connectivity index (χ0v) is 17.9. The number of phenols is 2. The number of fused-ring (bicyclic) bond motifs is 4. The third-order valence-corrected chi connectivity index (χ3v) is 6.54. The van der Waals surface area contributed by atoms with Crippen LogP contribution in [0.2, 0.25) is 0 Å². The Balaban J connectivity index is 1.81. The minimum Gasteiger partial charge on any atom is -0.508 e. The molecule has 0 saturated carbocycles. The Hall–Kier alpha value is -4.18. The monoisotopic (exact) mass is 418 g/mol. The number of anilines is 4. The Labute approximate surface area is 186 Å². The van der Waals surface area contributed by atoms with Crippen molar-refractivity contribution in [3.63, 3.8) is 0 Å². The lowest BCUT2D eigenvalue weighted by Crippen LogP contribution is -2.21. The van der Waals surface area contributed by atoms with Crippen LogP contribution in [0.1, 0.15) is 22.3 Å². The van der Waals surface area contributed by atoms with E-state index in [0.717, 1.165) is 56.1 Å². The van der Waals surface area contributed by atoms with E-state index in [1.54, 1.807) is 12.1 Å². The van der Waals surface area contributed by atoms with Crippen molar-refractivity contribution in [2.45, 2.75) is 0 Å². The van der Waals surface area contributed by atoms with Gasteiger partial charge in [-0.1, -0.05) is 36.4 Å². The Morgan fingerprint density at radius 2 is 0.844 bits per heavy atom. The highest BCUT2D eigenvalue weighted by molar-refractivity contribution is 6.15. The van der Waals surface area contributed by atoms with Gasteiger partial charge >= 0.3 is 0 Å². The van der Waals surface area contributed by atoms with Crippen molar-refractivity contribution in [1.82, 2.24) is 0 Å². The zero-order valence-electron chi connectivity index (χ0n) is 17.9. The summed E-state index contributed by atoms with van der Waals surface area (Å²) in [5.74, 6) is 0.488. The van der Waals surface area contributed by atoms with Crippen molar-refractivity contribution in [1.29, 1.82) is 0 Å². The molecule has 156 valence electrons. The molecule has 0 saturated heterocycles. The molecule has 0 atom stereocenters. The maximum atomic E-state index is 10.3. The molecule has 4 heteroatoms. The molecule has 0 aromatic heterocycles. The van der Waals surface area contributed by atoms with Crippen LogP contribution in [0.15, 0.2) is 84.9 Å². The van der Waals surface area contributed by atoms with E-state index in [0.29, 0.717) is 0 Å². The van der Waals surface area contributed by atoms with Crippen LogP contribution in [0.4, 0.5) is 22.7 Å². The van der Waals surface area contributed by atoms with Gasteiger partial charge in [0.05, 0.1) is 11.4 Å². The minimum atomic E-state index is 0.244. The van der Waals surface area contributed by atoms with Crippen molar-refractivity contribution in [2.75, 3.05) is 23.9 Å². The fraction of sp³-hybridized carbons (Fsp3) is 0.0714. The van der Waals surface area contributed by atoms with Crippen LogP contribution >= 0.6 is 0 Å². The lowest BCUT2D eigenvalue weighted by Gasteiger charge is -2.37. The van der Waals surface area contributed by atoms with E-state index in [1.165, 1.54) is 0 Å². The Morgan fingerprint density at radius 1 is 0.469 bits per heavy atom. The van der Waals surface area contributed by atoms with Gasteiger partial charge in [0, 0.05) is 71.0 Å². The molecular formula is C28H22N2O2. The standard InChI is InChI=1S/C28H22N2O2/c1-29-23-9-5-3-7-19(23)27(21-13-11-17(31)15-25(21)29)28-20-8-4-6-10-24(20)30(2)26-16-18(32)12-14-22(26)28/h3-16,31-32H,1-2H3/b28-27-. The summed E-state index contributed by atoms with van der Waals surface area (Å²) in [5, 5.41) is 20.5. The van der Waals surface area contributed by atoms with Crippen LogP contribution in [-0.2, 0) is 0 Å². The molecule has 32 heavy (non-hydrogen) atoms. The van der Waals surface area contributed by atoms with Crippen LogP contribution in [-0.4, -0.2) is 24.3 Å². The molecule has 0 unspecified atom stereocenters. The number of rotatable bonds is 0. The molecular weight excluding hydrogens is 396 g/mol. The molecule has 0 spiro atoms. The second-order valence-electron chi connectivity index (χ2n) is 8.31. The van der Waals surface area contributed by atoms with Crippen molar-refractivity contribution >= 4 is 33.9 Å². The maximum Gasteiger partial charge on any atom is 0.117 e. The van der Waals surface area contributed by atoms with Gasteiger partial charge in [0.2, 0.25) is 0 Å². The zero-order chi connectivity index (χ0) is 22.0. The maximum absolute atomic E-state index is 10.3. The number of hydrogen-bond acceptors (Lipinski definition) is 4. The highest BCUT2D eigenvalue weighted by Gasteiger charge is 2.32. The highest BCUT2D eigenvalue weighted by atomic mass is 16.3. The summed E-state index contributed by atoms with van der Waals surface area (Å²) in [7, 11) is 4.07. The van der Waals surface area contributed by atoms with Crippen molar-refractivity contribution in [3.8, 4) is 11.5 Å². The van der Waals surface area contributed by atoms with E-state index in [9.17, 15) is 10.2 Å². The van der Waals surface area contributed by atoms with Gasteiger partial charge in [-0.25, -0.2) is 0 Å². The van der Waals surface area contributed by atoms with Gasteiger partial charge in [0.1, 0.15) is 11.5 Å². The van der Waals surface area contributed by atoms with Crippen LogP contribution in [0.5, 0.6) is 11.5 Å². The smallest absolute Gasteiger partial charge is 0.117 e. The van der Waals surface area contributed by atoms with Crippen molar-refractivity contribution < 1.29 is 10.2 Å². The SMILES string of the molecule is CN1c2ccccc2/C(=C2\c3ccccc3N(C)c3cc(O)ccc32)c2ccc(O)cc21. The number of para-hydroxylation sites is 2. The Kier molecular flexibility index (Phi) is 3.87. The van der Waals surface area contributed by atoms with Gasteiger partial charge in [-0.15, -0.1) is 0 Å². The van der Waals surface area contributed by atoms with Crippen LogP contribution in [0.25, 0.3) is 11.1 Å². The van der Waals surface area contributed by atoms with Crippen molar-refractivity contribution in [2.24, 2.45) is 0 Å². The lowest BCUT2D eigenvalue weighted by molar-refractivity contribution is 0.475. The summed E-state index contributed by atoms with van der Waals surface area (Å²) in [4.78, 5) is 4.26. The molecule has 0 fully saturated rings. The van der Waals surface area contributed by atoms with Crippen LogP contribution < -0.4 is 9.80 Å².